The normalized spacial score (nSPS) is 12.7. The third kappa shape index (κ3) is 4.87. The Balaban J connectivity index is 1.93. The number of nitrogens with one attached hydrogen (secondary N) is 1. The molecule has 110 valence electrons. The van der Waals surface area contributed by atoms with E-state index in [9.17, 15) is 4.79 Å². The largest absolute Gasteiger partial charge is 0.348 e. The second-order valence-electron chi connectivity index (χ2n) is 5.23. The van der Waals surface area contributed by atoms with E-state index >= 15 is 0 Å². The van der Waals surface area contributed by atoms with Gasteiger partial charge in [-0.05, 0) is 17.6 Å². The molecule has 21 heavy (non-hydrogen) atoms. The van der Waals surface area contributed by atoms with Crippen LogP contribution in [0.2, 0.25) is 0 Å². The monoisotopic (exact) mass is 284 g/mol. The van der Waals surface area contributed by atoms with Gasteiger partial charge >= 0.3 is 0 Å². The van der Waals surface area contributed by atoms with Crippen LogP contribution in [0.25, 0.3) is 6.08 Å². The van der Waals surface area contributed by atoms with E-state index in [4.69, 9.17) is 0 Å². The molecule has 0 aliphatic carbocycles. The lowest BCUT2D eigenvalue weighted by atomic mass is 10.0. The molecule has 0 unspecified atom stereocenters. The first-order valence-electron chi connectivity index (χ1n) is 7.03. The van der Waals surface area contributed by atoms with Crippen molar-refractivity contribution in [1.29, 1.82) is 0 Å². The lowest BCUT2D eigenvalue weighted by Gasteiger charge is -2.21. The number of amides is 1. The molecular formula is C16H20N4O. The SMILES string of the molecule is CC(C)[C@@H](Cn1ccnn1)NC(=O)/C=C/c1ccccc1. The number of benzene rings is 1. The predicted octanol–water partition coefficient (Wildman–Crippen LogP) is 2.13. The number of carbonyl (C=O) groups excluding carboxylic acids is 1. The summed E-state index contributed by atoms with van der Waals surface area (Å²) in [7, 11) is 0. The molecule has 1 atom stereocenters. The average Bonchev–Trinajstić information content (AvgIpc) is 2.98. The highest BCUT2D eigenvalue weighted by Crippen LogP contribution is 2.05. The van der Waals surface area contributed by atoms with Crippen molar-refractivity contribution in [2.24, 2.45) is 5.92 Å². The quantitative estimate of drug-likeness (QED) is 0.827. The molecule has 0 spiro atoms. The van der Waals surface area contributed by atoms with Crippen molar-refractivity contribution in [3.05, 3.63) is 54.4 Å². The molecule has 1 aromatic carbocycles. The minimum Gasteiger partial charge on any atom is -0.348 e. The molecule has 5 heteroatoms. The predicted molar refractivity (Wildman–Crippen MR) is 82.3 cm³/mol. The summed E-state index contributed by atoms with van der Waals surface area (Å²) in [5.74, 6) is 0.209. The maximum absolute atomic E-state index is 12.0. The lowest BCUT2D eigenvalue weighted by molar-refractivity contribution is -0.117. The maximum Gasteiger partial charge on any atom is 0.244 e. The van der Waals surface area contributed by atoms with Crippen LogP contribution in [-0.4, -0.2) is 26.9 Å². The number of carbonyl (C=O) groups is 1. The first-order chi connectivity index (χ1) is 10.1. The molecule has 5 nitrogen and oxygen atoms in total. The average molecular weight is 284 g/mol. The van der Waals surface area contributed by atoms with Crippen molar-refractivity contribution < 1.29 is 4.79 Å². The summed E-state index contributed by atoms with van der Waals surface area (Å²) in [4.78, 5) is 12.0. The molecule has 0 saturated heterocycles. The number of hydrogen-bond donors (Lipinski definition) is 1. The van der Waals surface area contributed by atoms with E-state index in [2.05, 4.69) is 29.5 Å². The zero-order valence-electron chi connectivity index (χ0n) is 12.3. The zero-order valence-corrected chi connectivity index (χ0v) is 12.3. The highest BCUT2D eigenvalue weighted by atomic mass is 16.1. The maximum atomic E-state index is 12.0. The van der Waals surface area contributed by atoms with Gasteiger partial charge in [0.15, 0.2) is 0 Å². The summed E-state index contributed by atoms with van der Waals surface area (Å²) in [5.41, 5.74) is 1.00. The fourth-order valence-electron chi connectivity index (χ4n) is 1.92. The number of hydrogen-bond acceptors (Lipinski definition) is 3. The Hall–Kier alpha value is -2.43. The molecule has 0 bridgehead atoms. The molecule has 2 rings (SSSR count). The van der Waals surface area contributed by atoms with Gasteiger partial charge in [-0.15, -0.1) is 5.10 Å². The van der Waals surface area contributed by atoms with Crippen molar-refractivity contribution in [3.63, 3.8) is 0 Å². The molecule has 0 saturated carbocycles. The summed E-state index contributed by atoms with van der Waals surface area (Å²) in [6.45, 7) is 4.76. The van der Waals surface area contributed by atoms with Crippen LogP contribution in [0.1, 0.15) is 19.4 Å². The Morgan fingerprint density at radius 1 is 1.33 bits per heavy atom. The van der Waals surface area contributed by atoms with E-state index in [0.717, 1.165) is 5.56 Å². The molecule has 2 aromatic rings. The fraction of sp³-hybridized carbons (Fsp3) is 0.312. The second-order valence-corrected chi connectivity index (χ2v) is 5.23. The molecule has 1 amide bonds. The highest BCUT2D eigenvalue weighted by molar-refractivity contribution is 5.91. The van der Waals surface area contributed by atoms with E-state index < -0.39 is 0 Å². The van der Waals surface area contributed by atoms with Crippen molar-refractivity contribution in [2.45, 2.75) is 26.4 Å². The van der Waals surface area contributed by atoms with Gasteiger partial charge < -0.3 is 5.32 Å². The fourth-order valence-corrected chi connectivity index (χ4v) is 1.92. The van der Waals surface area contributed by atoms with Crippen molar-refractivity contribution >= 4 is 12.0 Å². The van der Waals surface area contributed by atoms with Crippen LogP contribution in [0.15, 0.2) is 48.8 Å². The van der Waals surface area contributed by atoms with Crippen molar-refractivity contribution in [2.75, 3.05) is 0 Å². The van der Waals surface area contributed by atoms with Gasteiger partial charge in [0, 0.05) is 12.3 Å². The van der Waals surface area contributed by atoms with Crippen LogP contribution in [0, 0.1) is 5.92 Å². The topological polar surface area (TPSA) is 59.8 Å². The molecule has 1 N–H and O–H groups in total. The highest BCUT2D eigenvalue weighted by Gasteiger charge is 2.15. The zero-order chi connectivity index (χ0) is 15.1. The standard InChI is InChI=1S/C16H20N4O/c1-13(2)15(12-20-11-10-17-19-20)18-16(21)9-8-14-6-4-3-5-7-14/h3-11,13,15H,12H2,1-2H3,(H,18,21)/b9-8+/t15-/m1/s1. The second kappa shape index (κ2) is 7.38. The first kappa shape index (κ1) is 15.0. The summed E-state index contributed by atoms with van der Waals surface area (Å²) in [6, 6.07) is 9.76. The van der Waals surface area contributed by atoms with E-state index in [-0.39, 0.29) is 11.9 Å². The Labute approximate surface area is 124 Å². The number of rotatable bonds is 6. The van der Waals surface area contributed by atoms with Gasteiger partial charge in [0.25, 0.3) is 0 Å². The molecular weight excluding hydrogens is 264 g/mol. The third-order valence-corrected chi connectivity index (χ3v) is 3.21. The minimum atomic E-state index is -0.0994. The van der Waals surface area contributed by atoms with Crippen molar-refractivity contribution in [1.82, 2.24) is 20.3 Å². The Kier molecular flexibility index (Phi) is 5.26. The number of aromatic nitrogens is 3. The Bertz CT molecular complexity index is 576. The summed E-state index contributed by atoms with van der Waals surface area (Å²) in [6.07, 6.45) is 6.80. The lowest BCUT2D eigenvalue weighted by Crippen LogP contribution is -2.40. The van der Waals surface area contributed by atoms with Crippen LogP contribution in [0.5, 0.6) is 0 Å². The molecule has 1 heterocycles. The van der Waals surface area contributed by atoms with Crippen LogP contribution >= 0.6 is 0 Å². The van der Waals surface area contributed by atoms with Gasteiger partial charge in [0.1, 0.15) is 0 Å². The van der Waals surface area contributed by atoms with Crippen molar-refractivity contribution in [3.8, 4) is 0 Å². The summed E-state index contributed by atoms with van der Waals surface area (Å²) >= 11 is 0. The molecule has 0 aliphatic rings. The van der Waals surface area contributed by atoms with Gasteiger partial charge in [-0.2, -0.15) is 0 Å². The Morgan fingerprint density at radius 3 is 2.71 bits per heavy atom. The van der Waals surface area contributed by atoms with Crippen LogP contribution < -0.4 is 5.32 Å². The molecule has 0 radical (unpaired) electrons. The van der Waals surface area contributed by atoms with Crippen LogP contribution in [-0.2, 0) is 11.3 Å². The van der Waals surface area contributed by atoms with Crippen LogP contribution in [0.3, 0.4) is 0 Å². The number of nitrogens with zero attached hydrogens (tertiary/aromatic N) is 3. The minimum absolute atomic E-state index is 0.0135. The van der Waals surface area contributed by atoms with Gasteiger partial charge in [0.05, 0.1) is 18.8 Å². The van der Waals surface area contributed by atoms with E-state index in [1.165, 1.54) is 0 Å². The van der Waals surface area contributed by atoms with E-state index in [1.807, 2.05) is 36.4 Å². The molecule has 0 fully saturated rings. The Morgan fingerprint density at radius 2 is 2.10 bits per heavy atom. The van der Waals surface area contributed by atoms with E-state index in [1.54, 1.807) is 23.2 Å². The van der Waals surface area contributed by atoms with Gasteiger partial charge in [-0.3, -0.25) is 9.48 Å². The first-order valence-corrected chi connectivity index (χ1v) is 7.03. The van der Waals surface area contributed by atoms with Gasteiger partial charge in [0.2, 0.25) is 5.91 Å². The summed E-state index contributed by atoms with van der Waals surface area (Å²) < 4.78 is 1.73. The van der Waals surface area contributed by atoms with Crippen LogP contribution in [0.4, 0.5) is 0 Å². The molecule has 1 aromatic heterocycles. The smallest absolute Gasteiger partial charge is 0.244 e. The molecule has 0 aliphatic heterocycles. The third-order valence-electron chi connectivity index (χ3n) is 3.21. The van der Waals surface area contributed by atoms with Gasteiger partial charge in [-0.25, -0.2) is 0 Å². The van der Waals surface area contributed by atoms with E-state index in [0.29, 0.717) is 12.5 Å². The van der Waals surface area contributed by atoms with Gasteiger partial charge in [-0.1, -0.05) is 49.4 Å². The summed E-state index contributed by atoms with van der Waals surface area (Å²) in [5, 5.41) is 10.7.